The number of ether oxygens (including phenoxy) is 1. The third-order valence-electron chi connectivity index (χ3n) is 1.63. The number of esters is 1. The molecule has 0 saturated carbocycles. The Kier molecular flexibility index (Phi) is 3.75. The minimum absolute atomic E-state index is 0.314. The van der Waals surface area contributed by atoms with Gasteiger partial charge < -0.3 is 9.84 Å². The zero-order valence-electron chi connectivity index (χ0n) is 7.33. The number of methoxy groups -OCH3 is 1. The molecule has 1 aromatic carbocycles. The number of aliphatic hydroxyl groups excluding tert-OH is 1. The van der Waals surface area contributed by atoms with Crippen LogP contribution < -0.4 is 0 Å². The van der Waals surface area contributed by atoms with Gasteiger partial charge in [-0.2, -0.15) is 0 Å². The monoisotopic (exact) mass is 234 g/mol. The van der Waals surface area contributed by atoms with E-state index in [-0.39, 0.29) is 0 Å². The first kappa shape index (κ1) is 11.3. The zero-order chi connectivity index (χ0) is 10.7. The third-order valence-corrected chi connectivity index (χ3v) is 2.06. The van der Waals surface area contributed by atoms with Crippen molar-refractivity contribution in [2.75, 3.05) is 7.11 Å². The first-order chi connectivity index (χ1) is 6.54. The summed E-state index contributed by atoms with van der Waals surface area (Å²) in [6.07, 6.45) is -1.35. The Hall–Kier alpha value is -0.770. The topological polar surface area (TPSA) is 46.5 Å². The van der Waals surface area contributed by atoms with Crippen LogP contribution in [0.2, 0.25) is 10.0 Å². The van der Waals surface area contributed by atoms with Crippen LogP contribution in [-0.2, 0) is 9.53 Å². The lowest BCUT2D eigenvalue weighted by Gasteiger charge is -2.09. The van der Waals surface area contributed by atoms with E-state index in [1.54, 1.807) is 0 Å². The number of benzene rings is 1. The third kappa shape index (κ3) is 2.61. The first-order valence-corrected chi connectivity index (χ1v) is 4.52. The molecule has 14 heavy (non-hydrogen) atoms. The maximum absolute atomic E-state index is 11.0. The SMILES string of the molecule is COC(=O)C(O)c1cc(Cl)cc(Cl)c1. The van der Waals surface area contributed by atoms with E-state index in [1.807, 2.05) is 0 Å². The standard InChI is InChI=1S/C9H8Cl2O3/c1-14-9(13)8(12)5-2-6(10)4-7(11)3-5/h2-4,8,12H,1H3. The van der Waals surface area contributed by atoms with Gasteiger partial charge in [-0.05, 0) is 23.8 Å². The fourth-order valence-electron chi connectivity index (χ4n) is 0.981. The van der Waals surface area contributed by atoms with Crippen LogP contribution in [0.4, 0.5) is 0 Å². The van der Waals surface area contributed by atoms with Crippen molar-refractivity contribution in [3.8, 4) is 0 Å². The molecule has 0 heterocycles. The maximum Gasteiger partial charge on any atom is 0.339 e. The van der Waals surface area contributed by atoms with Gasteiger partial charge in [-0.15, -0.1) is 0 Å². The Bertz CT molecular complexity index is 332. The summed E-state index contributed by atoms with van der Waals surface area (Å²) in [6, 6.07) is 4.42. The molecule has 0 aliphatic carbocycles. The summed E-state index contributed by atoms with van der Waals surface area (Å²) in [5, 5.41) is 10.2. The van der Waals surface area contributed by atoms with Crippen LogP contribution in [0.1, 0.15) is 11.7 Å². The van der Waals surface area contributed by atoms with Crippen LogP contribution in [-0.4, -0.2) is 18.2 Å². The van der Waals surface area contributed by atoms with Crippen molar-refractivity contribution in [1.29, 1.82) is 0 Å². The number of hydrogen-bond donors (Lipinski definition) is 1. The highest BCUT2D eigenvalue weighted by atomic mass is 35.5. The van der Waals surface area contributed by atoms with Crippen LogP contribution in [0.3, 0.4) is 0 Å². The molecule has 0 saturated heterocycles. The number of rotatable bonds is 2. The predicted molar refractivity (Wildman–Crippen MR) is 53.4 cm³/mol. The second kappa shape index (κ2) is 4.64. The van der Waals surface area contributed by atoms with Crippen LogP contribution in [0.25, 0.3) is 0 Å². The van der Waals surface area contributed by atoms with Crippen molar-refractivity contribution in [1.82, 2.24) is 0 Å². The molecule has 1 N–H and O–H groups in total. The highest BCUT2D eigenvalue weighted by molar-refractivity contribution is 6.34. The number of carbonyl (C=O) groups is 1. The number of halogens is 2. The second-order valence-corrected chi connectivity index (χ2v) is 3.50. The lowest BCUT2D eigenvalue weighted by Crippen LogP contribution is -2.13. The number of aliphatic hydroxyl groups is 1. The molecule has 0 aliphatic rings. The summed E-state index contributed by atoms with van der Waals surface area (Å²) in [5.74, 6) is -0.747. The van der Waals surface area contributed by atoms with E-state index in [4.69, 9.17) is 23.2 Å². The second-order valence-electron chi connectivity index (χ2n) is 2.63. The zero-order valence-corrected chi connectivity index (χ0v) is 8.84. The Morgan fingerprint density at radius 2 is 1.86 bits per heavy atom. The molecule has 0 fully saturated rings. The van der Waals surface area contributed by atoms with Crippen LogP contribution in [0, 0.1) is 0 Å². The van der Waals surface area contributed by atoms with E-state index < -0.39 is 12.1 Å². The minimum atomic E-state index is -1.35. The van der Waals surface area contributed by atoms with Gasteiger partial charge in [-0.25, -0.2) is 4.79 Å². The van der Waals surface area contributed by atoms with Crippen LogP contribution in [0.5, 0.6) is 0 Å². The van der Waals surface area contributed by atoms with Gasteiger partial charge in [-0.3, -0.25) is 0 Å². The molecule has 1 unspecified atom stereocenters. The Balaban J connectivity index is 3.00. The van der Waals surface area contributed by atoms with Gasteiger partial charge >= 0.3 is 5.97 Å². The summed E-state index contributed by atoms with van der Waals surface area (Å²) in [7, 11) is 1.19. The maximum atomic E-state index is 11.0. The molecular weight excluding hydrogens is 227 g/mol. The number of carbonyl (C=O) groups excluding carboxylic acids is 1. The molecule has 0 radical (unpaired) electrons. The van der Waals surface area contributed by atoms with Gasteiger partial charge in [0, 0.05) is 10.0 Å². The molecule has 76 valence electrons. The molecular formula is C9H8Cl2O3. The van der Waals surface area contributed by atoms with E-state index in [0.717, 1.165) is 0 Å². The fraction of sp³-hybridized carbons (Fsp3) is 0.222. The molecule has 0 spiro atoms. The average molecular weight is 235 g/mol. The Labute approximate surface area is 91.2 Å². The summed E-state index contributed by atoms with van der Waals surface area (Å²) in [4.78, 5) is 11.0. The van der Waals surface area contributed by atoms with E-state index >= 15 is 0 Å². The van der Waals surface area contributed by atoms with Crippen molar-refractivity contribution in [3.63, 3.8) is 0 Å². The van der Waals surface area contributed by atoms with Gasteiger partial charge in [0.25, 0.3) is 0 Å². The van der Waals surface area contributed by atoms with Crippen molar-refractivity contribution in [2.24, 2.45) is 0 Å². The van der Waals surface area contributed by atoms with Crippen molar-refractivity contribution < 1.29 is 14.6 Å². The fourth-order valence-corrected chi connectivity index (χ4v) is 1.52. The van der Waals surface area contributed by atoms with E-state index in [0.29, 0.717) is 15.6 Å². The van der Waals surface area contributed by atoms with Crippen molar-refractivity contribution >= 4 is 29.2 Å². The Morgan fingerprint density at radius 1 is 1.36 bits per heavy atom. The quantitative estimate of drug-likeness (QED) is 0.799. The van der Waals surface area contributed by atoms with Crippen LogP contribution in [0.15, 0.2) is 18.2 Å². The Morgan fingerprint density at radius 3 is 2.29 bits per heavy atom. The van der Waals surface area contributed by atoms with E-state index in [1.165, 1.54) is 25.3 Å². The van der Waals surface area contributed by atoms with Crippen LogP contribution >= 0.6 is 23.2 Å². The van der Waals surface area contributed by atoms with Gasteiger partial charge in [0.15, 0.2) is 6.10 Å². The normalized spacial score (nSPS) is 12.3. The van der Waals surface area contributed by atoms with Crippen molar-refractivity contribution in [2.45, 2.75) is 6.10 Å². The molecule has 0 amide bonds. The average Bonchev–Trinajstić information content (AvgIpc) is 2.14. The smallest absolute Gasteiger partial charge is 0.339 e. The lowest BCUT2D eigenvalue weighted by molar-refractivity contribution is -0.150. The molecule has 5 heteroatoms. The lowest BCUT2D eigenvalue weighted by atomic mass is 10.1. The van der Waals surface area contributed by atoms with E-state index in [9.17, 15) is 9.90 Å². The van der Waals surface area contributed by atoms with Gasteiger partial charge in [0.05, 0.1) is 7.11 Å². The van der Waals surface area contributed by atoms with Gasteiger partial charge in [0.1, 0.15) is 0 Å². The predicted octanol–water partition coefficient (Wildman–Crippen LogP) is 2.20. The molecule has 1 atom stereocenters. The molecule has 3 nitrogen and oxygen atoms in total. The molecule has 1 rings (SSSR count). The molecule has 1 aromatic rings. The molecule has 0 aromatic heterocycles. The van der Waals surface area contributed by atoms with Crippen molar-refractivity contribution in [3.05, 3.63) is 33.8 Å². The minimum Gasteiger partial charge on any atom is -0.467 e. The van der Waals surface area contributed by atoms with Gasteiger partial charge in [-0.1, -0.05) is 23.2 Å². The summed E-state index contributed by atoms with van der Waals surface area (Å²) < 4.78 is 4.37. The molecule has 0 aliphatic heterocycles. The van der Waals surface area contributed by atoms with E-state index in [2.05, 4.69) is 4.74 Å². The summed E-state index contributed by atoms with van der Waals surface area (Å²) in [5.41, 5.74) is 0.314. The first-order valence-electron chi connectivity index (χ1n) is 3.76. The number of hydrogen-bond acceptors (Lipinski definition) is 3. The molecule has 0 bridgehead atoms. The largest absolute Gasteiger partial charge is 0.467 e. The highest BCUT2D eigenvalue weighted by Gasteiger charge is 2.18. The summed E-state index contributed by atoms with van der Waals surface area (Å²) in [6.45, 7) is 0. The highest BCUT2D eigenvalue weighted by Crippen LogP contribution is 2.23. The van der Waals surface area contributed by atoms with Gasteiger partial charge in [0.2, 0.25) is 0 Å². The summed E-state index contributed by atoms with van der Waals surface area (Å²) >= 11 is 11.4.